The third-order valence-corrected chi connectivity index (χ3v) is 3.58. The molecule has 0 heterocycles. The van der Waals surface area contributed by atoms with Crippen LogP contribution in [0.3, 0.4) is 0 Å². The van der Waals surface area contributed by atoms with Crippen molar-refractivity contribution in [3.63, 3.8) is 0 Å². The van der Waals surface area contributed by atoms with Crippen molar-refractivity contribution in [2.24, 2.45) is 11.8 Å². The van der Waals surface area contributed by atoms with E-state index in [0.29, 0.717) is 18.4 Å². The van der Waals surface area contributed by atoms with Crippen molar-refractivity contribution in [3.05, 3.63) is 12.2 Å². The van der Waals surface area contributed by atoms with Gasteiger partial charge in [-0.1, -0.05) is 19.1 Å². The highest BCUT2D eigenvalue weighted by molar-refractivity contribution is 4.93. The largest absolute Gasteiger partial charge is 0.389 e. The molecule has 0 radical (unpaired) electrons. The van der Waals surface area contributed by atoms with Gasteiger partial charge in [-0.25, -0.2) is 8.78 Å². The third kappa shape index (κ3) is 6.74. The number of allylic oxidation sites excluding steroid dienone is 2. The maximum Gasteiger partial charge on any atom is 0.265 e. The third-order valence-electron chi connectivity index (χ3n) is 3.58. The predicted molar refractivity (Wildman–Crippen MR) is 72.7 cm³/mol. The van der Waals surface area contributed by atoms with Gasteiger partial charge in [0, 0.05) is 13.1 Å². The molecule has 0 aliphatic heterocycles. The molecule has 0 bridgehead atoms. The highest BCUT2D eigenvalue weighted by Crippen LogP contribution is 2.24. The average molecular weight is 293 g/mol. The van der Waals surface area contributed by atoms with E-state index in [2.05, 4.69) is 24.4 Å². The van der Waals surface area contributed by atoms with Crippen molar-refractivity contribution < 1.29 is 23.7 Å². The monoisotopic (exact) mass is 293 g/mol. The van der Waals surface area contributed by atoms with Crippen molar-refractivity contribution in [2.75, 3.05) is 26.3 Å². The Labute approximate surface area is 118 Å². The topological polar surface area (TPSA) is 61.7 Å². The minimum atomic E-state index is -2.77. The number of ether oxygens (including phenoxy) is 1. The van der Waals surface area contributed by atoms with Crippen LogP contribution in [0.5, 0.6) is 0 Å². The van der Waals surface area contributed by atoms with Crippen LogP contribution >= 0.6 is 0 Å². The predicted octanol–water partition coefficient (Wildman–Crippen LogP) is 1.18. The first-order valence-electron chi connectivity index (χ1n) is 7.08. The van der Waals surface area contributed by atoms with Gasteiger partial charge < -0.3 is 20.3 Å². The zero-order chi connectivity index (χ0) is 15.0. The molecule has 4 nitrogen and oxygen atoms in total. The lowest BCUT2D eigenvalue weighted by atomic mass is 9.85. The Morgan fingerprint density at radius 3 is 2.60 bits per heavy atom. The lowest BCUT2D eigenvalue weighted by Crippen LogP contribution is -2.38. The Balaban J connectivity index is 2.05. The van der Waals surface area contributed by atoms with Crippen molar-refractivity contribution >= 4 is 0 Å². The first-order chi connectivity index (χ1) is 9.50. The van der Waals surface area contributed by atoms with Gasteiger partial charge in [-0.2, -0.15) is 0 Å². The molecule has 0 saturated carbocycles. The van der Waals surface area contributed by atoms with Crippen LogP contribution in [0.1, 0.15) is 19.8 Å². The van der Waals surface area contributed by atoms with E-state index < -0.39 is 18.6 Å². The summed E-state index contributed by atoms with van der Waals surface area (Å²) >= 11 is 0. The number of aliphatic hydroxyl groups excluding tert-OH is 2. The molecule has 20 heavy (non-hydrogen) atoms. The fraction of sp³-hybridized carbons (Fsp3) is 0.857. The molecule has 0 aromatic carbocycles. The minimum Gasteiger partial charge on any atom is -0.389 e. The number of hydrogen-bond donors (Lipinski definition) is 3. The van der Waals surface area contributed by atoms with Gasteiger partial charge in [0.25, 0.3) is 6.43 Å². The number of alkyl halides is 2. The summed E-state index contributed by atoms with van der Waals surface area (Å²) < 4.78 is 29.5. The van der Waals surface area contributed by atoms with Crippen LogP contribution in [0.15, 0.2) is 12.2 Å². The van der Waals surface area contributed by atoms with Crippen molar-refractivity contribution in [2.45, 2.75) is 38.4 Å². The van der Waals surface area contributed by atoms with E-state index in [1.807, 2.05) is 0 Å². The number of rotatable bonds is 9. The second-order valence-corrected chi connectivity index (χ2v) is 5.43. The van der Waals surface area contributed by atoms with Crippen LogP contribution in [0.2, 0.25) is 0 Å². The molecule has 6 heteroatoms. The molecule has 1 aliphatic carbocycles. The molecule has 0 spiro atoms. The Morgan fingerprint density at radius 2 is 1.95 bits per heavy atom. The van der Waals surface area contributed by atoms with Crippen LogP contribution in [0.25, 0.3) is 0 Å². The first kappa shape index (κ1) is 17.5. The molecule has 118 valence electrons. The van der Waals surface area contributed by atoms with Crippen LogP contribution in [-0.4, -0.2) is 55.1 Å². The fourth-order valence-corrected chi connectivity index (χ4v) is 2.14. The molecular weight excluding hydrogens is 268 g/mol. The molecule has 0 amide bonds. The number of hydrogen-bond acceptors (Lipinski definition) is 4. The molecule has 0 fully saturated rings. The second kappa shape index (κ2) is 9.39. The van der Waals surface area contributed by atoms with Crippen LogP contribution in [-0.2, 0) is 4.74 Å². The van der Waals surface area contributed by atoms with Crippen LogP contribution in [0, 0.1) is 11.8 Å². The highest BCUT2D eigenvalue weighted by atomic mass is 19.3. The van der Waals surface area contributed by atoms with Gasteiger partial charge in [0.15, 0.2) is 0 Å². The smallest absolute Gasteiger partial charge is 0.265 e. The van der Waals surface area contributed by atoms with Gasteiger partial charge in [-0.15, -0.1) is 0 Å². The van der Waals surface area contributed by atoms with E-state index in [-0.39, 0.29) is 19.7 Å². The summed E-state index contributed by atoms with van der Waals surface area (Å²) in [6, 6.07) is 0. The fourth-order valence-electron chi connectivity index (χ4n) is 2.14. The van der Waals surface area contributed by atoms with E-state index >= 15 is 0 Å². The Kier molecular flexibility index (Phi) is 8.21. The van der Waals surface area contributed by atoms with Crippen LogP contribution < -0.4 is 5.32 Å². The van der Waals surface area contributed by atoms with Gasteiger partial charge >= 0.3 is 0 Å². The molecule has 0 aromatic rings. The average Bonchev–Trinajstić information content (AvgIpc) is 2.40. The number of nitrogens with one attached hydrogen (secondary N) is 1. The summed E-state index contributed by atoms with van der Waals surface area (Å²) in [4.78, 5) is 0. The number of aliphatic hydroxyl groups is 2. The molecule has 4 unspecified atom stereocenters. The lowest BCUT2D eigenvalue weighted by Gasteiger charge is -2.25. The summed E-state index contributed by atoms with van der Waals surface area (Å²) in [6.45, 7) is 2.84. The van der Waals surface area contributed by atoms with Gasteiger partial charge in [0.1, 0.15) is 6.10 Å². The summed E-state index contributed by atoms with van der Waals surface area (Å²) in [5.74, 6) is 1.05. The van der Waals surface area contributed by atoms with Gasteiger partial charge in [-0.05, 0) is 24.7 Å². The van der Waals surface area contributed by atoms with E-state index in [1.54, 1.807) is 0 Å². The Morgan fingerprint density at radius 1 is 1.25 bits per heavy atom. The molecule has 4 atom stereocenters. The minimum absolute atomic E-state index is 0.129. The standard InChI is InChI=1S/C14H25F2NO3/c1-10-4-2-3-5-11(10)8-20-9-12(18)6-17-7-13(19)14(15)16/h2-3,10-14,17-19H,4-9H2,1H3. The van der Waals surface area contributed by atoms with E-state index in [0.717, 1.165) is 12.8 Å². The van der Waals surface area contributed by atoms with Gasteiger partial charge in [0.05, 0.1) is 19.3 Å². The zero-order valence-electron chi connectivity index (χ0n) is 11.8. The van der Waals surface area contributed by atoms with Crippen molar-refractivity contribution in [1.82, 2.24) is 5.32 Å². The SMILES string of the molecule is CC1CC=CCC1COCC(O)CNCC(O)C(F)F. The second-order valence-electron chi connectivity index (χ2n) is 5.43. The quantitative estimate of drug-likeness (QED) is 0.559. The Hall–Kier alpha value is -0.560. The normalized spacial score (nSPS) is 25.9. The highest BCUT2D eigenvalue weighted by Gasteiger charge is 2.19. The maximum absolute atomic E-state index is 12.0. The number of halogens is 2. The van der Waals surface area contributed by atoms with E-state index in [1.165, 1.54) is 0 Å². The Bertz CT molecular complexity index is 290. The van der Waals surface area contributed by atoms with Crippen molar-refractivity contribution in [1.29, 1.82) is 0 Å². The lowest BCUT2D eigenvalue weighted by molar-refractivity contribution is -0.00997. The molecule has 3 N–H and O–H groups in total. The van der Waals surface area contributed by atoms with Crippen LogP contribution in [0.4, 0.5) is 8.78 Å². The molecule has 1 rings (SSSR count). The first-order valence-corrected chi connectivity index (χ1v) is 7.08. The van der Waals surface area contributed by atoms with E-state index in [9.17, 15) is 13.9 Å². The summed E-state index contributed by atoms with van der Waals surface area (Å²) in [7, 11) is 0. The molecular formula is C14H25F2NO3. The van der Waals surface area contributed by atoms with Crippen molar-refractivity contribution in [3.8, 4) is 0 Å². The van der Waals surface area contributed by atoms with Gasteiger partial charge in [0.2, 0.25) is 0 Å². The van der Waals surface area contributed by atoms with Gasteiger partial charge in [-0.3, -0.25) is 0 Å². The molecule has 0 aromatic heterocycles. The van der Waals surface area contributed by atoms with E-state index in [4.69, 9.17) is 9.84 Å². The zero-order valence-corrected chi connectivity index (χ0v) is 11.8. The summed E-state index contributed by atoms with van der Waals surface area (Å²) in [5, 5.41) is 21.1. The maximum atomic E-state index is 12.0. The molecule has 1 aliphatic rings. The summed E-state index contributed by atoms with van der Waals surface area (Å²) in [5.41, 5.74) is 0. The molecule has 0 saturated heterocycles. The summed E-state index contributed by atoms with van der Waals surface area (Å²) in [6.07, 6.45) is 1.16.